The number of aromatic amines is 1. The Balaban J connectivity index is 1.03. The predicted molar refractivity (Wildman–Crippen MR) is 140 cm³/mol. The highest BCUT2D eigenvalue weighted by atomic mass is 16.1. The van der Waals surface area contributed by atoms with E-state index in [2.05, 4.69) is 46.7 Å². The van der Waals surface area contributed by atoms with Crippen LogP contribution in [0, 0.1) is 5.92 Å². The van der Waals surface area contributed by atoms with Gasteiger partial charge in [-0.25, -0.2) is 9.97 Å². The van der Waals surface area contributed by atoms with E-state index in [-0.39, 0.29) is 11.8 Å². The van der Waals surface area contributed by atoms with Crippen LogP contribution in [0.15, 0.2) is 72.9 Å². The second-order valence-corrected chi connectivity index (χ2v) is 8.96. The molecule has 9 nitrogen and oxygen atoms in total. The molecule has 1 saturated heterocycles. The molecule has 3 N–H and O–H groups in total. The monoisotopic (exact) mass is 478 g/mol. The number of benzene rings is 2. The second-order valence-electron chi connectivity index (χ2n) is 8.96. The summed E-state index contributed by atoms with van der Waals surface area (Å²) >= 11 is 0. The number of nitrogens with zero attached hydrogens (tertiary/aromatic N) is 5. The maximum absolute atomic E-state index is 12.7. The number of anilines is 3. The van der Waals surface area contributed by atoms with Gasteiger partial charge >= 0.3 is 0 Å². The third-order valence-corrected chi connectivity index (χ3v) is 6.63. The molecule has 9 heteroatoms. The minimum atomic E-state index is -0.0167. The minimum absolute atomic E-state index is 0.0167. The first-order valence-electron chi connectivity index (χ1n) is 12.1. The third kappa shape index (κ3) is 4.55. The van der Waals surface area contributed by atoms with Crippen molar-refractivity contribution >= 4 is 45.2 Å². The summed E-state index contributed by atoms with van der Waals surface area (Å²) in [5.41, 5.74) is 1.89. The van der Waals surface area contributed by atoms with Gasteiger partial charge in [0.25, 0.3) is 0 Å². The number of pyridine rings is 1. The zero-order valence-corrected chi connectivity index (χ0v) is 19.7. The lowest BCUT2D eigenvalue weighted by Gasteiger charge is -2.31. The van der Waals surface area contributed by atoms with E-state index in [0.717, 1.165) is 65.2 Å². The lowest BCUT2D eigenvalue weighted by atomic mass is 9.96. The lowest BCUT2D eigenvalue weighted by molar-refractivity contribution is -0.125. The highest BCUT2D eigenvalue weighted by Gasteiger charge is 2.26. The molecule has 4 heterocycles. The maximum Gasteiger partial charge on any atom is 0.223 e. The van der Waals surface area contributed by atoms with Gasteiger partial charge in [0, 0.05) is 30.6 Å². The summed E-state index contributed by atoms with van der Waals surface area (Å²) in [4.78, 5) is 27.1. The Hall–Kier alpha value is -4.53. The van der Waals surface area contributed by atoms with Crippen LogP contribution in [0.5, 0.6) is 0 Å². The van der Waals surface area contributed by atoms with Crippen molar-refractivity contribution in [2.45, 2.75) is 19.4 Å². The van der Waals surface area contributed by atoms with Crippen molar-refractivity contribution in [3.63, 3.8) is 0 Å². The molecule has 0 unspecified atom stereocenters. The van der Waals surface area contributed by atoms with Crippen LogP contribution in [0.4, 0.5) is 17.5 Å². The zero-order valence-electron chi connectivity index (χ0n) is 19.7. The molecular formula is C27H26N8O. The number of carbonyl (C=O) groups is 1. The fourth-order valence-corrected chi connectivity index (χ4v) is 4.68. The first-order chi connectivity index (χ1) is 17.7. The molecule has 3 aromatic heterocycles. The standard InChI is InChI=1S/C27H26N8O/c36-27(29-17-24-30-21-7-3-4-8-22(21)31-24)19-12-15-35(16-13-19)25-10-9-23(33-34-25)32-26-20-6-2-1-5-18(20)11-14-28-26/h1-11,14,19H,12-13,15-17H2,(H,29,36)(H,30,31)(H,28,32,33). The van der Waals surface area contributed by atoms with E-state index in [0.29, 0.717) is 12.4 Å². The van der Waals surface area contributed by atoms with Crippen molar-refractivity contribution < 1.29 is 4.79 Å². The average molecular weight is 479 g/mol. The second kappa shape index (κ2) is 9.61. The van der Waals surface area contributed by atoms with E-state index < -0.39 is 0 Å². The molecule has 0 atom stereocenters. The number of hydrogen-bond acceptors (Lipinski definition) is 7. The number of fused-ring (bicyclic) bond motifs is 2. The van der Waals surface area contributed by atoms with E-state index in [9.17, 15) is 4.79 Å². The SMILES string of the molecule is O=C(NCc1nc2ccccc2[nH]1)C1CCN(c2ccc(Nc3nccc4ccccc34)nn2)CC1. The van der Waals surface area contributed by atoms with Gasteiger partial charge in [0.1, 0.15) is 11.6 Å². The fourth-order valence-electron chi connectivity index (χ4n) is 4.68. The Bertz CT molecular complexity index is 1470. The average Bonchev–Trinajstić information content (AvgIpc) is 3.36. The molecule has 36 heavy (non-hydrogen) atoms. The molecular weight excluding hydrogens is 452 g/mol. The molecule has 180 valence electrons. The fraction of sp³-hybridized carbons (Fsp3) is 0.222. The Morgan fingerprint density at radius 2 is 1.81 bits per heavy atom. The number of carbonyl (C=O) groups excluding carboxylic acids is 1. The van der Waals surface area contributed by atoms with E-state index >= 15 is 0 Å². The number of imidazole rings is 1. The van der Waals surface area contributed by atoms with Crippen LogP contribution in [0.2, 0.25) is 0 Å². The molecule has 2 aromatic carbocycles. The van der Waals surface area contributed by atoms with Crippen molar-refractivity contribution in [2.24, 2.45) is 5.92 Å². The summed E-state index contributed by atoms with van der Waals surface area (Å²) in [6.07, 6.45) is 3.32. The highest BCUT2D eigenvalue weighted by Crippen LogP contribution is 2.25. The number of hydrogen-bond donors (Lipinski definition) is 3. The molecule has 6 rings (SSSR count). The highest BCUT2D eigenvalue weighted by molar-refractivity contribution is 5.92. The molecule has 0 radical (unpaired) electrons. The van der Waals surface area contributed by atoms with E-state index in [1.54, 1.807) is 6.20 Å². The van der Waals surface area contributed by atoms with Crippen molar-refractivity contribution in [1.82, 2.24) is 30.5 Å². The first kappa shape index (κ1) is 22.0. The number of nitrogens with one attached hydrogen (secondary N) is 3. The van der Waals surface area contributed by atoms with Crippen molar-refractivity contribution in [3.05, 3.63) is 78.8 Å². The van der Waals surface area contributed by atoms with E-state index in [1.165, 1.54) is 0 Å². The van der Waals surface area contributed by atoms with Crippen molar-refractivity contribution in [1.29, 1.82) is 0 Å². The molecule has 0 saturated carbocycles. The van der Waals surface area contributed by atoms with Crippen molar-refractivity contribution in [2.75, 3.05) is 23.3 Å². The molecule has 0 spiro atoms. The third-order valence-electron chi connectivity index (χ3n) is 6.63. The molecule has 1 amide bonds. The summed E-state index contributed by atoms with van der Waals surface area (Å²) in [6.45, 7) is 1.92. The maximum atomic E-state index is 12.7. The largest absolute Gasteiger partial charge is 0.355 e. The Morgan fingerprint density at radius 1 is 0.972 bits per heavy atom. The number of aromatic nitrogens is 5. The summed E-state index contributed by atoms with van der Waals surface area (Å²) < 4.78 is 0. The molecule has 0 bridgehead atoms. The Kier molecular flexibility index (Phi) is 5.87. The van der Waals surface area contributed by atoms with Gasteiger partial charge in [-0.1, -0.05) is 36.4 Å². The molecule has 5 aromatic rings. The molecule has 1 fully saturated rings. The summed E-state index contributed by atoms with van der Waals surface area (Å²) in [5.74, 6) is 3.03. The predicted octanol–water partition coefficient (Wildman–Crippen LogP) is 4.18. The van der Waals surface area contributed by atoms with Crippen LogP contribution < -0.4 is 15.5 Å². The lowest BCUT2D eigenvalue weighted by Crippen LogP contribution is -2.40. The van der Waals surface area contributed by atoms with Crippen LogP contribution in [-0.4, -0.2) is 44.1 Å². The zero-order chi connectivity index (χ0) is 24.3. The van der Waals surface area contributed by atoms with E-state index in [1.807, 2.05) is 60.7 Å². The van der Waals surface area contributed by atoms with Gasteiger partial charge in [0.05, 0.1) is 17.6 Å². The van der Waals surface area contributed by atoms with Gasteiger partial charge < -0.3 is 20.5 Å². The number of para-hydroxylation sites is 2. The quantitative estimate of drug-likeness (QED) is 0.336. The Labute approximate surface area is 208 Å². The molecule has 1 aliphatic rings. The van der Waals surface area contributed by atoms with Gasteiger partial charge in [-0.05, 0) is 48.6 Å². The van der Waals surface area contributed by atoms with Gasteiger partial charge in [-0.2, -0.15) is 0 Å². The van der Waals surface area contributed by atoms with Gasteiger partial charge in [0.15, 0.2) is 11.6 Å². The van der Waals surface area contributed by atoms with E-state index in [4.69, 9.17) is 0 Å². The van der Waals surface area contributed by atoms with Crippen LogP contribution in [0.3, 0.4) is 0 Å². The van der Waals surface area contributed by atoms with Crippen LogP contribution in [0.1, 0.15) is 18.7 Å². The topological polar surface area (TPSA) is 112 Å². The Morgan fingerprint density at radius 3 is 2.64 bits per heavy atom. The van der Waals surface area contributed by atoms with Crippen LogP contribution in [0.25, 0.3) is 21.8 Å². The summed E-state index contributed by atoms with van der Waals surface area (Å²) in [5, 5.41) is 17.2. The number of piperidine rings is 1. The van der Waals surface area contributed by atoms with Gasteiger partial charge in [-0.15, -0.1) is 10.2 Å². The number of rotatable bonds is 6. The summed E-state index contributed by atoms with van der Waals surface area (Å²) in [6, 6.07) is 21.8. The van der Waals surface area contributed by atoms with Gasteiger partial charge in [-0.3, -0.25) is 4.79 Å². The minimum Gasteiger partial charge on any atom is -0.355 e. The van der Waals surface area contributed by atoms with Gasteiger partial charge in [0.2, 0.25) is 5.91 Å². The smallest absolute Gasteiger partial charge is 0.223 e. The summed E-state index contributed by atoms with van der Waals surface area (Å²) in [7, 11) is 0. The number of H-pyrrole nitrogens is 1. The number of amides is 1. The molecule has 0 aliphatic carbocycles. The van der Waals surface area contributed by atoms with Crippen LogP contribution in [-0.2, 0) is 11.3 Å². The molecule has 1 aliphatic heterocycles. The van der Waals surface area contributed by atoms with Crippen molar-refractivity contribution in [3.8, 4) is 0 Å². The first-order valence-corrected chi connectivity index (χ1v) is 12.1. The van der Waals surface area contributed by atoms with Crippen LogP contribution >= 0.6 is 0 Å². The normalized spacial score (nSPS) is 14.3.